The Labute approximate surface area is 144 Å². The van der Waals surface area contributed by atoms with Gasteiger partial charge in [-0.2, -0.15) is 0 Å². The first-order valence-corrected chi connectivity index (χ1v) is 9.79. The highest BCUT2D eigenvalue weighted by Gasteiger charge is 1.96. The molecule has 0 amide bonds. The third-order valence-corrected chi connectivity index (χ3v) is 4.09. The van der Waals surface area contributed by atoms with Gasteiger partial charge in [0.05, 0.1) is 0 Å². The highest BCUT2D eigenvalue weighted by atomic mass is 16.4. The number of rotatable bonds is 17. The van der Waals surface area contributed by atoms with Gasteiger partial charge in [-0.25, -0.2) is 0 Å². The van der Waals surface area contributed by atoms with Crippen LogP contribution < -0.4 is 0 Å². The van der Waals surface area contributed by atoms with Gasteiger partial charge in [-0.1, -0.05) is 82.6 Å². The van der Waals surface area contributed by atoms with Crippen molar-refractivity contribution in [1.82, 2.24) is 0 Å². The number of hydrogen-bond acceptors (Lipinski definition) is 1. The van der Waals surface area contributed by atoms with Gasteiger partial charge in [0.2, 0.25) is 0 Å². The Bertz CT molecular complexity index is 305. The summed E-state index contributed by atoms with van der Waals surface area (Å²) in [4.78, 5) is 10.4. The summed E-state index contributed by atoms with van der Waals surface area (Å²) in [5, 5.41) is 8.54. The zero-order chi connectivity index (χ0) is 17.0. The van der Waals surface area contributed by atoms with Crippen molar-refractivity contribution in [2.45, 2.75) is 103 Å². The Kier molecular flexibility index (Phi) is 18.1. The predicted molar refractivity (Wildman–Crippen MR) is 101 cm³/mol. The van der Waals surface area contributed by atoms with Crippen LogP contribution in [-0.2, 0) is 4.79 Å². The number of carboxylic acids is 1. The van der Waals surface area contributed by atoms with Crippen LogP contribution in [-0.4, -0.2) is 11.1 Å². The maximum absolute atomic E-state index is 10.4. The number of carboxylic acid groups (broad SMARTS) is 1. The molecule has 0 fully saturated rings. The fourth-order valence-electron chi connectivity index (χ4n) is 2.62. The summed E-state index contributed by atoms with van der Waals surface area (Å²) in [5.41, 5.74) is 0. The maximum Gasteiger partial charge on any atom is 0.303 e. The minimum atomic E-state index is -0.662. The van der Waals surface area contributed by atoms with Crippen molar-refractivity contribution in [2.75, 3.05) is 0 Å². The van der Waals surface area contributed by atoms with E-state index in [4.69, 9.17) is 5.11 Å². The fourth-order valence-corrected chi connectivity index (χ4v) is 2.62. The zero-order valence-electron chi connectivity index (χ0n) is 15.3. The normalized spacial score (nSPS) is 11.7. The smallest absolute Gasteiger partial charge is 0.303 e. The third-order valence-electron chi connectivity index (χ3n) is 4.09. The van der Waals surface area contributed by atoms with Crippen LogP contribution in [0.2, 0.25) is 0 Å². The van der Waals surface area contributed by atoms with E-state index in [9.17, 15) is 4.79 Å². The lowest BCUT2D eigenvalue weighted by Gasteiger charge is -2.00. The van der Waals surface area contributed by atoms with Crippen molar-refractivity contribution in [2.24, 2.45) is 0 Å². The lowest BCUT2D eigenvalue weighted by atomic mass is 10.1. The molecular formula is C21H38O2. The molecule has 0 aromatic carbocycles. The Hall–Kier alpha value is -1.05. The third kappa shape index (κ3) is 21.0. The van der Waals surface area contributed by atoms with E-state index in [0.717, 1.165) is 19.3 Å². The van der Waals surface area contributed by atoms with Gasteiger partial charge in [-0.3, -0.25) is 4.79 Å². The molecule has 0 spiro atoms. The number of aliphatic carboxylic acids is 1. The first kappa shape index (κ1) is 21.9. The monoisotopic (exact) mass is 322 g/mol. The molecule has 134 valence electrons. The molecule has 23 heavy (non-hydrogen) atoms. The van der Waals surface area contributed by atoms with E-state index < -0.39 is 5.97 Å². The summed E-state index contributed by atoms with van der Waals surface area (Å²) < 4.78 is 0. The highest BCUT2D eigenvalue weighted by Crippen LogP contribution is 2.11. The second-order valence-corrected chi connectivity index (χ2v) is 6.44. The first-order chi connectivity index (χ1) is 11.3. The van der Waals surface area contributed by atoms with Crippen LogP contribution in [0.15, 0.2) is 24.3 Å². The van der Waals surface area contributed by atoms with Crippen molar-refractivity contribution >= 4 is 5.97 Å². The minimum Gasteiger partial charge on any atom is -0.481 e. The largest absolute Gasteiger partial charge is 0.481 e. The molecule has 0 atom stereocenters. The van der Waals surface area contributed by atoms with Crippen LogP contribution in [0.25, 0.3) is 0 Å². The second kappa shape index (κ2) is 19.0. The van der Waals surface area contributed by atoms with Gasteiger partial charge >= 0.3 is 5.97 Å². The average Bonchev–Trinajstić information content (AvgIpc) is 2.53. The number of unbranched alkanes of at least 4 members (excludes halogenated alkanes) is 11. The molecular weight excluding hydrogens is 284 g/mol. The Morgan fingerprint density at radius 1 is 0.696 bits per heavy atom. The van der Waals surface area contributed by atoms with Gasteiger partial charge in [-0.15, -0.1) is 0 Å². The molecule has 0 saturated heterocycles. The fraction of sp³-hybridized carbons (Fsp3) is 0.762. The molecule has 1 N–H and O–H groups in total. The first-order valence-electron chi connectivity index (χ1n) is 9.79. The lowest BCUT2D eigenvalue weighted by molar-refractivity contribution is -0.137. The molecule has 2 nitrogen and oxygen atoms in total. The van der Waals surface area contributed by atoms with Gasteiger partial charge in [0, 0.05) is 6.42 Å². The van der Waals surface area contributed by atoms with E-state index in [1.54, 1.807) is 0 Å². The molecule has 0 heterocycles. The standard InChI is InChI=1S/C21H38O2/c1-2-3-4-5-6-7-8-9-10-11-12-13-14-15-16-17-18-19-20-21(22)23/h6-7,9-10H,2-5,8,11-20H2,1H3,(H,22,23)/b7-6?,10-9-. The summed E-state index contributed by atoms with van der Waals surface area (Å²) in [7, 11) is 0. The molecule has 0 aliphatic rings. The molecule has 2 heteroatoms. The van der Waals surface area contributed by atoms with Crippen molar-refractivity contribution in [3.8, 4) is 0 Å². The summed E-state index contributed by atoms with van der Waals surface area (Å²) in [5.74, 6) is -0.662. The number of allylic oxidation sites excluding steroid dienone is 4. The Morgan fingerprint density at radius 3 is 1.70 bits per heavy atom. The Balaban J connectivity index is 3.14. The van der Waals surface area contributed by atoms with Gasteiger partial charge in [0.15, 0.2) is 0 Å². The summed E-state index contributed by atoms with van der Waals surface area (Å²) in [6.07, 6.45) is 26.7. The summed E-state index contributed by atoms with van der Waals surface area (Å²) in [6, 6.07) is 0. The van der Waals surface area contributed by atoms with E-state index in [-0.39, 0.29) is 0 Å². The lowest BCUT2D eigenvalue weighted by Crippen LogP contribution is -1.93. The van der Waals surface area contributed by atoms with Crippen LogP contribution in [0, 0.1) is 0 Å². The Morgan fingerprint density at radius 2 is 1.17 bits per heavy atom. The van der Waals surface area contributed by atoms with E-state index in [1.165, 1.54) is 70.6 Å². The van der Waals surface area contributed by atoms with Crippen LogP contribution in [0.1, 0.15) is 103 Å². The zero-order valence-corrected chi connectivity index (χ0v) is 15.3. The average molecular weight is 323 g/mol. The van der Waals surface area contributed by atoms with Crippen molar-refractivity contribution in [1.29, 1.82) is 0 Å². The molecule has 0 radical (unpaired) electrons. The van der Waals surface area contributed by atoms with Gasteiger partial charge in [-0.05, 0) is 38.5 Å². The SMILES string of the molecule is CCCCCC=CC/C=C\CCCCCCCCCCC(=O)O. The van der Waals surface area contributed by atoms with Crippen LogP contribution in [0.4, 0.5) is 0 Å². The molecule has 0 unspecified atom stereocenters. The van der Waals surface area contributed by atoms with E-state index in [0.29, 0.717) is 6.42 Å². The van der Waals surface area contributed by atoms with Gasteiger partial charge in [0.1, 0.15) is 0 Å². The topological polar surface area (TPSA) is 37.3 Å². The molecule has 0 aliphatic carbocycles. The molecule has 0 aromatic rings. The molecule has 0 saturated carbocycles. The van der Waals surface area contributed by atoms with Crippen LogP contribution in [0.3, 0.4) is 0 Å². The number of hydrogen-bond donors (Lipinski definition) is 1. The highest BCUT2D eigenvalue weighted by molar-refractivity contribution is 5.66. The maximum atomic E-state index is 10.4. The number of carbonyl (C=O) groups is 1. The molecule has 0 rings (SSSR count). The van der Waals surface area contributed by atoms with Crippen molar-refractivity contribution in [3.05, 3.63) is 24.3 Å². The summed E-state index contributed by atoms with van der Waals surface area (Å²) >= 11 is 0. The van der Waals surface area contributed by atoms with Crippen molar-refractivity contribution < 1.29 is 9.90 Å². The van der Waals surface area contributed by atoms with Gasteiger partial charge < -0.3 is 5.11 Å². The molecule has 0 bridgehead atoms. The summed E-state index contributed by atoms with van der Waals surface area (Å²) in [6.45, 7) is 2.24. The van der Waals surface area contributed by atoms with Crippen molar-refractivity contribution in [3.63, 3.8) is 0 Å². The van der Waals surface area contributed by atoms with E-state index in [2.05, 4.69) is 31.2 Å². The van der Waals surface area contributed by atoms with E-state index >= 15 is 0 Å². The van der Waals surface area contributed by atoms with Crippen LogP contribution >= 0.6 is 0 Å². The quantitative estimate of drug-likeness (QED) is 0.230. The predicted octanol–water partition coefficient (Wildman–Crippen LogP) is 7.05. The molecule has 0 aromatic heterocycles. The molecule has 0 aliphatic heterocycles. The van der Waals surface area contributed by atoms with Crippen LogP contribution in [0.5, 0.6) is 0 Å². The van der Waals surface area contributed by atoms with E-state index in [1.807, 2.05) is 0 Å². The second-order valence-electron chi connectivity index (χ2n) is 6.44. The van der Waals surface area contributed by atoms with Gasteiger partial charge in [0.25, 0.3) is 0 Å². The minimum absolute atomic E-state index is 0.334.